The van der Waals surface area contributed by atoms with Crippen LogP contribution in [0.2, 0.25) is 5.02 Å². The Morgan fingerprint density at radius 1 is 1.29 bits per heavy atom. The summed E-state index contributed by atoms with van der Waals surface area (Å²) in [6.07, 6.45) is 2.46. The number of thioether (sulfide) groups is 1. The van der Waals surface area contributed by atoms with E-state index in [1.54, 1.807) is 17.7 Å². The molecule has 0 spiro atoms. The van der Waals surface area contributed by atoms with Crippen LogP contribution < -0.4 is 5.32 Å². The molecule has 1 atom stereocenters. The monoisotopic (exact) mass is 473 g/mol. The van der Waals surface area contributed by atoms with Crippen LogP contribution in [0.4, 0.5) is 0 Å². The fourth-order valence-electron chi connectivity index (χ4n) is 2.79. The number of nitrogens with one attached hydrogen (secondary N) is 1. The highest BCUT2D eigenvalue weighted by molar-refractivity contribution is 7.98. The van der Waals surface area contributed by atoms with E-state index in [4.69, 9.17) is 16.0 Å². The predicted molar refractivity (Wildman–Crippen MR) is 123 cm³/mol. The Balaban J connectivity index is 1.57. The second-order valence-electron chi connectivity index (χ2n) is 6.77. The van der Waals surface area contributed by atoms with Gasteiger partial charge in [-0.3, -0.25) is 9.36 Å². The Kier molecular flexibility index (Phi) is 6.74. The lowest BCUT2D eigenvalue weighted by Gasteiger charge is -2.10. The smallest absolute Gasteiger partial charge is 0.270 e. The SMILES string of the molecule is CCC(C)NC(=O)c1csc(CSc2nnc(-c3ccco3)n2-c2ccccc2Cl)n1. The molecule has 160 valence electrons. The van der Waals surface area contributed by atoms with E-state index >= 15 is 0 Å². The van der Waals surface area contributed by atoms with Gasteiger partial charge in [-0.05, 0) is 37.6 Å². The molecule has 3 heterocycles. The van der Waals surface area contributed by atoms with Crippen molar-refractivity contribution >= 4 is 40.6 Å². The highest BCUT2D eigenvalue weighted by Crippen LogP contribution is 2.33. The molecule has 7 nitrogen and oxygen atoms in total. The number of hydrogen-bond donors (Lipinski definition) is 1. The van der Waals surface area contributed by atoms with Gasteiger partial charge in [0, 0.05) is 11.4 Å². The maximum atomic E-state index is 12.3. The Hall–Kier alpha value is -2.62. The molecule has 10 heteroatoms. The van der Waals surface area contributed by atoms with Crippen molar-refractivity contribution in [2.24, 2.45) is 0 Å². The van der Waals surface area contributed by atoms with Gasteiger partial charge >= 0.3 is 0 Å². The summed E-state index contributed by atoms with van der Waals surface area (Å²) in [4.78, 5) is 16.8. The first kappa shape index (κ1) is 21.6. The first-order valence-electron chi connectivity index (χ1n) is 9.69. The van der Waals surface area contributed by atoms with E-state index in [1.165, 1.54) is 23.1 Å². The molecule has 1 N–H and O–H groups in total. The van der Waals surface area contributed by atoms with E-state index in [2.05, 4.69) is 20.5 Å². The highest BCUT2D eigenvalue weighted by Gasteiger charge is 2.20. The molecule has 0 bridgehead atoms. The summed E-state index contributed by atoms with van der Waals surface area (Å²) in [5.41, 5.74) is 1.19. The molecule has 1 aromatic carbocycles. The van der Waals surface area contributed by atoms with Gasteiger partial charge in [0.05, 0.1) is 22.7 Å². The van der Waals surface area contributed by atoms with Crippen molar-refractivity contribution in [3.63, 3.8) is 0 Å². The number of benzene rings is 1. The lowest BCUT2D eigenvalue weighted by Crippen LogP contribution is -2.32. The third-order valence-corrected chi connectivity index (χ3v) is 6.86. The third-order valence-electron chi connectivity index (χ3n) is 4.57. The van der Waals surface area contributed by atoms with Gasteiger partial charge in [0.2, 0.25) is 5.82 Å². The minimum atomic E-state index is -0.152. The number of thiazole rings is 1. The Morgan fingerprint density at radius 2 is 2.13 bits per heavy atom. The molecule has 0 fully saturated rings. The van der Waals surface area contributed by atoms with Crippen LogP contribution in [0.3, 0.4) is 0 Å². The number of para-hydroxylation sites is 1. The van der Waals surface area contributed by atoms with Gasteiger partial charge in [-0.1, -0.05) is 42.4 Å². The zero-order chi connectivity index (χ0) is 21.8. The Bertz CT molecular complexity index is 1170. The molecule has 0 aliphatic rings. The largest absolute Gasteiger partial charge is 0.461 e. The first-order chi connectivity index (χ1) is 15.1. The maximum absolute atomic E-state index is 12.3. The van der Waals surface area contributed by atoms with E-state index < -0.39 is 0 Å². The van der Waals surface area contributed by atoms with Gasteiger partial charge in [-0.2, -0.15) is 0 Å². The summed E-state index contributed by atoms with van der Waals surface area (Å²) in [5, 5.41) is 15.4. The second-order valence-corrected chi connectivity index (χ2v) is 9.06. The molecule has 0 radical (unpaired) electrons. The normalized spacial score (nSPS) is 12.1. The van der Waals surface area contributed by atoms with E-state index in [9.17, 15) is 4.79 Å². The third kappa shape index (κ3) is 4.84. The maximum Gasteiger partial charge on any atom is 0.270 e. The average Bonchev–Trinajstić information content (AvgIpc) is 3.52. The van der Waals surface area contributed by atoms with E-state index in [-0.39, 0.29) is 11.9 Å². The van der Waals surface area contributed by atoms with Crippen LogP contribution in [0.25, 0.3) is 17.3 Å². The molecule has 4 aromatic rings. The number of amides is 1. The Labute approximate surface area is 192 Å². The Morgan fingerprint density at radius 3 is 2.87 bits per heavy atom. The van der Waals surface area contributed by atoms with Gasteiger partial charge in [-0.25, -0.2) is 4.98 Å². The number of furan rings is 1. The molecule has 0 saturated carbocycles. The van der Waals surface area contributed by atoms with Crippen LogP contribution in [0.1, 0.15) is 35.8 Å². The van der Waals surface area contributed by atoms with Crippen LogP contribution in [0.5, 0.6) is 0 Å². The predicted octanol–water partition coefficient (Wildman–Crippen LogP) is 5.46. The first-order valence-corrected chi connectivity index (χ1v) is 11.9. The number of carbonyl (C=O) groups excluding carboxylic acids is 1. The van der Waals surface area contributed by atoms with E-state index in [0.717, 1.165) is 17.1 Å². The molecule has 1 amide bonds. The summed E-state index contributed by atoms with van der Waals surface area (Å²) >= 11 is 9.38. The van der Waals surface area contributed by atoms with Crippen molar-refractivity contribution in [3.05, 3.63) is 63.8 Å². The zero-order valence-corrected chi connectivity index (χ0v) is 19.3. The molecular weight excluding hydrogens is 454 g/mol. The second kappa shape index (κ2) is 9.67. The molecule has 0 saturated heterocycles. The molecule has 0 aliphatic heterocycles. The lowest BCUT2D eigenvalue weighted by atomic mass is 10.2. The van der Waals surface area contributed by atoms with Crippen LogP contribution >= 0.6 is 34.7 Å². The van der Waals surface area contributed by atoms with Crippen LogP contribution in [-0.2, 0) is 5.75 Å². The number of aromatic nitrogens is 4. The summed E-state index contributed by atoms with van der Waals surface area (Å²) in [6.45, 7) is 4.00. The van der Waals surface area contributed by atoms with E-state index in [0.29, 0.717) is 33.2 Å². The van der Waals surface area contributed by atoms with Gasteiger partial charge in [0.1, 0.15) is 10.7 Å². The summed E-state index contributed by atoms with van der Waals surface area (Å²) < 4.78 is 7.41. The topological polar surface area (TPSA) is 85.8 Å². The van der Waals surface area contributed by atoms with Gasteiger partial charge in [-0.15, -0.1) is 21.5 Å². The zero-order valence-electron chi connectivity index (χ0n) is 16.9. The van der Waals surface area contributed by atoms with Crippen molar-refractivity contribution in [2.75, 3.05) is 0 Å². The van der Waals surface area contributed by atoms with E-state index in [1.807, 2.05) is 48.7 Å². The number of hydrogen-bond acceptors (Lipinski definition) is 7. The summed E-state index contributed by atoms with van der Waals surface area (Å²) in [5.74, 6) is 1.55. The standard InChI is InChI=1S/C21H20ClN5O2S2/c1-3-13(2)23-20(28)15-11-30-18(24-15)12-31-21-26-25-19(17-9-6-10-29-17)27(21)16-8-5-4-7-14(16)22/h4-11,13H,3,12H2,1-2H3,(H,23,28). The molecular formula is C21H20ClN5O2S2. The molecule has 31 heavy (non-hydrogen) atoms. The fourth-order valence-corrected chi connectivity index (χ4v) is 4.74. The van der Waals surface area contributed by atoms with Crippen molar-refractivity contribution in [1.29, 1.82) is 0 Å². The summed E-state index contributed by atoms with van der Waals surface area (Å²) in [7, 11) is 0. The number of carbonyl (C=O) groups is 1. The minimum absolute atomic E-state index is 0.112. The van der Waals surface area contributed by atoms with Gasteiger partial charge < -0.3 is 9.73 Å². The fraction of sp³-hybridized carbons (Fsp3) is 0.238. The average molecular weight is 474 g/mol. The molecule has 4 rings (SSSR count). The van der Waals surface area contributed by atoms with Crippen molar-refractivity contribution in [2.45, 2.75) is 37.2 Å². The quantitative estimate of drug-likeness (QED) is 0.342. The minimum Gasteiger partial charge on any atom is -0.461 e. The van der Waals surface area contributed by atoms with Gasteiger partial charge in [0.15, 0.2) is 10.9 Å². The number of halogens is 1. The van der Waals surface area contributed by atoms with Crippen LogP contribution in [0.15, 0.2) is 57.6 Å². The van der Waals surface area contributed by atoms with Crippen LogP contribution in [0, 0.1) is 0 Å². The van der Waals surface area contributed by atoms with Crippen molar-refractivity contribution < 1.29 is 9.21 Å². The summed E-state index contributed by atoms with van der Waals surface area (Å²) in [6, 6.07) is 11.2. The molecule has 3 aromatic heterocycles. The van der Waals surface area contributed by atoms with Crippen LogP contribution in [-0.4, -0.2) is 31.7 Å². The molecule has 1 unspecified atom stereocenters. The van der Waals surface area contributed by atoms with Crippen molar-refractivity contribution in [1.82, 2.24) is 25.1 Å². The highest BCUT2D eigenvalue weighted by atomic mass is 35.5. The number of nitrogens with zero attached hydrogens (tertiary/aromatic N) is 4. The lowest BCUT2D eigenvalue weighted by molar-refractivity contribution is 0.0935. The van der Waals surface area contributed by atoms with Gasteiger partial charge in [0.25, 0.3) is 5.91 Å². The molecule has 0 aliphatic carbocycles. The number of rotatable bonds is 8. The van der Waals surface area contributed by atoms with Crippen molar-refractivity contribution in [3.8, 4) is 17.3 Å².